The van der Waals surface area contributed by atoms with E-state index in [2.05, 4.69) is 5.32 Å². The van der Waals surface area contributed by atoms with E-state index in [0.717, 1.165) is 22.8 Å². The summed E-state index contributed by atoms with van der Waals surface area (Å²) in [6.45, 7) is 3.82. The van der Waals surface area contributed by atoms with Crippen LogP contribution < -0.4 is 5.32 Å². The van der Waals surface area contributed by atoms with Gasteiger partial charge in [-0.3, -0.25) is 10.1 Å². The van der Waals surface area contributed by atoms with Crippen LogP contribution in [0.15, 0.2) is 10.5 Å². The molecule has 0 amide bonds. The standard InChI is InChI=1S/C11H15NO3S/c1-6-3-8(7(2)15-6)9-4-16-5-10(12-9)11(13)14/h3,9-10,12H,4-5H2,1-2H3,(H,13,14). The van der Waals surface area contributed by atoms with Crippen LogP contribution in [0.5, 0.6) is 0 Å². The Morgan fingerprint density at radius 2 is 2.31 bits per heavy atom. The Morgan fingerprint density at radius 1 is 1.56 bits per heavy atom. The molecule has 88 valence electrons. The molecule has 1 aromatic heterocycles. The van der Waals surface area contributed by atoms with Crippen LogP contribution in [0.25, 0.3) is 0 Å². The van der Waals surface area contributed by atoms with Crippen LogP contribution in [0.4, 0.5) is 0 Å². The van der Waals surface area contributed by atoms with Gasteiger partial charge in [0.15, 0.2) is 0 Å². The van der Waals surface area contributed by atoms with Gasteiger partial charge in [0.1, 0.15) is 17.6 Å². The highest BCUT2D eigenvalue weighted by molar-refractivity contribution is 7.99. The Labute approximate surface area is 98.4 Å². The Bertz CT molecular complexity index is 402. The zero-order valence-corrected chi connectivity index (χ0v) is 10.1. The smallest absolute Gasteiger partial charge is 0.321 e. The van der Waals surface area contributed by atoms with Crippen molar-refractivity contribution in [3.8, 4) is 0 Å². The van der Waals surface area contributed by atoms with Crippen molar-refractivity contribution in [2.24, 2.45) is 0 Å². The van der Waals surface area contributed by atoms with Gasteiger partial charge in [0, 0.05) is 23.1 Å². The normalized spacial score (nSPS) is 25.6. The van der Waals surface area contributed by atoms with E-state index in [-0.39, 0.29) is 6.04 Å². The molecular weight excluding hydrogens is 226 g/mol. The largest absolute Gasteiger partial charge is 0.480 e. The molecule has 1 aliphatic heterocycles. The summed E-state index contributed by atoms with van der Waals surface area (Å²) in [5.41, 5.74) is 1.08. The molecule has 16 heavy (non-hydrogen) atoms. The van der Waals surface area contributed by atoms with Crippen molar-refractivity contribution in [3.05, 3.63) is 23.2 Å². The minimum Gasteiger partial charge on any atom is -0.480 e. The lowest BCUT2D eigenvalue weighted by Gasteiger charge is -2.27. The number of thioether (sulfide) groups is 1. The number of furan rings is 1. The molecule has 5 heteroatoms. The number of aliphatic carboxylic acids is 1. The van der Waals surface area contributed by atoms with Crippen LogP contribution in [0, 0.1) is 13.8 Å². The van der Waals surface area contributed by atoms with E-state index in [4.69, 9.17) is 9.52 Å². The first-order valence-electron chi connectivity index (χ1n) is 5.21. The highest BCUT2D eigenvalue weighted by atomic mass is 32.2. The second-order valence-electron chi connectivity index (χ2n) is 4.02. The van der Waals surface area contributed by atoms with Crippen molar-refractivity contribution in [1.29, 1.82) is 0 Å². The lowest BCUT2D eigenvalue weighted by Crippen LogP contribution is -2.45. The van der Waals surface area contributed by atoms with Gasteiger partial charge in [-0.05, 0) is 19.9 Å². The molecule has 0 aromatic carbocycles. The van der Waals surface area contributed by atoms with Gasteiger partial charge in [-0.15, -0.1) is 0 Å². The number of hydrogen-bond donors (Lipinski definition) is 2. The third kappa shape index (κ3) is 2.25. The molecule has 0 bridgehead atoms. The molecule has 1 aromatic rings. The van der Waals surface area contributed by atoms with Crippen molar-refractivity contribution >= 4 is 17.7 Å². The van der Waals surface area contributed by atoms with E-state index in [0.29, 0.717) is 5.75 Å². The molecule has 0 saturated carbocycles. The van der Waals surface area contributed by atoms with E-state index in [1.165, 1.54) is 0 Å². The monoisotopic (exact) mass is 241 g/mol. The number of carboxylic acids is 1. The zero-order valence-electron chi connectivity index (χ0n) is 9.32. The van der Waals surface area contributed by atoms with E-state index < -0.39 is 12.0 Å². The fraction of sp³-hybridized carbons (Fsp3) is 0.545. The van der Waals surface area contributed by atoms with Crippen LogP contribution in [0.3, 0.4) is 0 Å². The molecule has 0 radical (unpaired) electrons. The second kappa shape index (κ2) is 4.51. The molecule has 0 spiro atoms. The fourth-order valence-corrected chi connectivity index (χ4v) is 3.08. The summed E-state index contributed by atoms with van der Waals surface area (Å²) in [6, 6.07) is 1.60. The number of nitrogens with one attached hydrogen (secondary N) is 1. The summed E-state index contributed by atoms with van der Waals surface area (Å²) >= 11 is 1.67. The quantitative estimate of drug-likeness (QED) is 0.825. The van der Waals surface area contributed by atoms with E-state index in [9.17, 15) is 4.79 Å². The summed E-state index contributed by atoms with van der Waals surface area (Å²) in [5.74, 6) is 2.49. The van der Waals surface area contributed by atoms with Crippen LogP contribution in [-0.2, 0) is 4.79 Å². The molecule has 2 rings (SSSR count). The van der Waals surface area contributed by atoms with Crippen molar-refractivity contribution in [3.63, 3.8) is 0 Å². The van der Waals surface area contributed by atoms with Crippen molar-refractivity contribution in [2.45, 2.75) is 25.9 Å². The van der Waals surface area contributed by atoms with Crippen molar-refractivity contribution in [1.82, 2.24) is 5.32 Å². The highest BCUT2D eigenvalue weighted by Crippen LogP contribution is 2.28. The predicted octanol–water partition coefficient (Wildman–Crippen LogP) is 1.73. The topological polar surface area (TPSA) is 62.5 Å². The summed E-state index contributed by atoms with van der Waals surface area (Å²) in [6.07, 6.45) is 0. The molecule has 2 N–H and O–H groups in total. The summed E-state index contributed by atoms with van der Waals surface area (Å²) in [7, 11) is 0. The molecule has 2 atom stereocenters. The Kier molecular flexibility index (Phi) is 3.25. The van der Waals surface area contributed by atoms with Crippen LogP contribution >= 0.6 is 11.8 Å². The minimum absolute atomic E-state index is 0.0808. The van der Waals surface area contributed by atoms with E-state index >= 15 is 0 Å². The van der Waals surface area contributed by atoms with Gasteiger partial charge in [0.2, 0.25) is 0 Å². The third-order valence-electron chi connectivity index (χ3n) is 2.72. The first-order chi connectivity index (χ1) is 7.58. The average Bonchev–Trinajstić information content (AvgIpc) is 2.58. The molecular formula is C11H15NO3S. The predicted molar refractivity (Wildman–Crippen MR) is 62.8 cm³/mol. The molecule has 1 saturated heterocycles. The molecule has 2 heterocycles. The van der Waals surface area contributed by atoms with Crippen molar-refractivity contribution < 1.29 is 14.3 Å². The van der Waals surface area contributed by atoms with E-state index in [1.54, 1.807) is 11.8 Å². The molecule has 2 unspecified atom stereocenters. The molecule has 0 aliphatic carbocycles. The van der Waals surface area contributed by atoms with Crippen LogP contribution in [0.2, 0.25) is 0 Å². The zero-order chi connectivity index (χ0) is 11.7. The van der Waals surface area contributed by atoms with Gasteiger partial charge in [-0.2, -0.15) is 11.8 Å². The number of rotatable bonds is 2. The van der Waals surface area contributed by atoms with E-state index in [1.807, 2.05) is 19.9 Å². The van der Waals surface area contributed by atoms with Gasteiger partial charge in [0.25, 0.3) is 0 Å². The maximum Gasteiger partial charge on any atom is 0.321 e. The highest BCUT2D eigenvalue weighted by Gasteiger charge is 2.29. The lowest BCUT2D eigenvalue weighted by atomic mass is 10.1. The molecule has 1 fully saturated rings. The minimum atomic E-state index is -0.782. The van der Waals surface area contributed by atoms with Gasteiger partial charge >= 0.3 is 5.97 Å². The fourth-order valence-electron chi connectivity index (χ4n) is 1.96. The summed E-state index contributed by atoms with van der Waals surface area (Å²) in [4.78, 5) is 10.9. The average molecular weight is 241 g/mol. The third-order valence-corrected chi connectivity index (χ3v) is 3.86. The lowest BCUT2D eigenvalue weighted by molar-refractivity contribution is -0.139. The van der Waals surface area contributed by atoms with Crippen LogP contribution in [0.1, 0.15) is 23.1 Å². The SMILES string of the molecule is Cc1cc(C2CSCC(C(=O)O)N2)c(C)o1. The van der Waals surface area contributed by atoms with Gasteiger partial charge in [0.05, 0.1) is 0 Å². The maximum absolute atomic E-state index is 10.9. The van der Waals surface area contributed by atoms with Gasteiger partial charge in [-0.25, -0.2) is 0 Å². The van der Waals surface area contributed by atoms with Crippen LogP contribution in [-0.4, -0.2) is 28.6 Å². The maximum atomic E-state index is 10.9. The first-order valence-corrected chi connectivity index (χ1v) is 6.37. The van der Waals surface area contributed by atoms with Crippen molar-refractivity contribution in [2.75, 3.05) is 11.5 Å². The van der Waals surface area contributed by atoms with Gasteiger partial charge in [-0.1, -0.05) is 0 Å². The summed E-state index contributed by atoms with van der Waals surface area (Å²) in [5, 5.41) is 12.1. The Balaban J connectivity index is 2.15. The Hall–Kier alpha value is -0.940. The molecule has 1 aliphatic rings. The number of hydrogen-bond acceptors (Lipinski definition) is 4. The number of aryl methyl sites for hydroxylation is 2. The summed E-state index contributed by atoms with van der Waals surface area (Å²) < 4.78 is 5.47. The number of carbonyl (C=O) groups is 1. The van der Waals surface area contributed by atoms with Gasteiger partial charge < -0.3 is 9.52 Å². The first kappa shape index (κ1) is 11.5. The molecule has 4 nitrogen and oxygen atoms in total. The number of carboxylic acid groups (broad SMARTS) is 1. The Morgan fingerprint density at radius 3 is 2.88 bits per heavy atom. The second-order valence-corrected chi connectivity index (χ2v) is 5.09.